The lowest BCUT2D eigenvalue weighted by molar-refractivity contribution is -0.827. The van der Waals surface area contributed by atoms with Crippen molar-refractivity contribution in [2.75, 3.05) is 0 Å². The quantitative estimate of drug-likeness (QED) is 0.414. The van der Waals surface area contributed by atoms with E-state index in [1.165, 1.54) is 18.2 Å². The second-order valence-corrected chi connectivity index (χ2v) is 4.64. The molecule has 6 heteroatoms. The summed E-state index contributed by atoms with van der Waals surface area (Å²) in [5.41, 5.74) is 0.891. The minimum absolute atomic E-state index is 0.0887. The van der Waals surface area contributed by atoms with Crippen molar-refractivity contribution in [2.45, 2.75) is 4.90 Å². The van der Waals surface area contributed by atoms with E-state index < -0.39 is 9.05 Å². The Hall–Kier alpha value is -0.620. The van der Waals surface area contributed by atoms with Crippen molar-refractivity contribution in [3.63, 3.8) is 0 Å². The summed E-state index contributed by atoms with van der Waals surface area (Å²) < 4.78 is 21.7. The molecule has 4 nitrogen and oxygen atoms in total. The molecule has 0 radical (unpaired) electrons. The Morgan fingerprint density at radius 3 is 2.33 bits per heavy atom. The topological polar surface area (TPSA) is 71.0 Å². The third kappa shape index (κ3) is 1.95. The summed E-state index contributed by atoms with van der Waals surface area (Å²) in [7, 11) is 1.32. The Morgan fingerprint density at radius 1 is 1.33 bits per heavy atom. The van der Waals surface area contributed by atoms with Gasteiger partial charge in [0.1, 0.15) is 4.90 Å². The maximum absolute atomic E-state index is 10.8. The van der Waals surface area contributed by atoms with Gasteiger partial charge in [-0.15, -0.1) is 0 Å². The largest absolute Gasteiger partial charge is 0.267 e. The molecule has 0 aliphatic heterocycles. The molecule has 0 unspecified atom stereocenters. The van der Waals surface area contributed by atoms with Gasteiger partial charge in [0.05, 0.1) is 0 Å². The van der Waals surface area contributed by atoms with Crippen LogP contribution in [0.3, 0.4) is 0 Å². The molecule has 1 aromatic carbocycles. The van der Waals surface area contributed by atoms with Gasteiger partial charge in [-0.2, -0.15) is 5.48 Å². The summed E-state index contributed by atoms with van der Waals surface area (Å²) in [6.07, 6.45) is 0. The van der Waals surface area contributed by atoms with Gasteiger partial charge in [-0.25, -0.2) is 13.6 Å². The van der Waals surface area contributed by atoms with Crippen LogP contribution in [0, 0.1) is 0 Å². The van der Waals surface area contributed by atoms with Crippen LogP contribution in [0.2, 0.25) is 0 Å². The third-order valence-corrected chi connectivity index (χ3v) is 2.72. The lowest BCUT2D eigenvalue weighted by atomic mass is 10.3. The number of rotatable bonds is 2. The van der Waals surface area contributed by atoms with Crippen molar-refractivity contribution >= 4 is 25.4 Å². The van der Waals surface area contributed by atoms with E-state index in [1.807, 2.05) is 0 Å². The summed E-state index contributed by atoms with van der Waals surface area (Å²) in [4.78, 5) is -0.0887. The molecular formula is C6H7ClNO3S+. The molecule has 1 aromatic rings. The smallest absolute Gasteiger partial charge is 0.215 e. The van der Waals surface area contributed by atoms with Crippen molar-refractivity contribution in [2.24, 2.45) is 0 Å². The lowest BCUT2D eigenvalue weighted by Crippen LogP contribution is -2.74. The van der Waals surface area contributed by atoms with Gasteiger partial charge >= 0.3 is 0 Å². The summed E-state index contributed by atoms with van der Waals surface area (Å²) in [6, 6.07) is 5.91. The van der Waals surface area contributed by atoms with Crippen LogP contribution in [0.25, 0.3) is 0 Å². The molecule has 0 bridgehead atoms. The highest BCUT2D eigenvalue weighted by molar-refractivity contribution is 8.13. The monoisotopic (exact) mass is 208 g/mol. The number of hydrogen-bond acceptors (Lipinski definition) is 3. The second-order valence-electron chi connectivity index (χ2n) is 2.10. The SMILES string of the molecule is O=S(=O)(Cl)c1ccccc1[NH2+]O. The first-order valence-corrected chi connectivity index (χ1v) is 5.38. The fourth-order valence-electron chi connectivity index (χ4n) is 0.809. The zero-order valence-electron chi connectivity index (χ0n) is 5.94. The molecule has 0 atom stereocenters. The first-order valence-electron chi connectivity index (χ1n) is 3.07. The molecule has 0 aliphatic carbocycles. The zero-order valence-corrected chi connectivity index (χ0v) is 7.51. The summed E-state index contributed by atoms with van der Waals surface area (Å²) in [5, 5.41) is 8.63. The summed E-state index contributed by atoms with van der Waals surface area (Å²) in [6.45, 7) is 0. The predicted octanol–water partition coefficient (Wildman–Crippen LogP) is 0.198. The second kappa shape index (κ2) is 3.40. The molecule has 0 heterocycles. The van der Waals surface area contributed by atoms with E-state index in [9.17, 15) is 8.42 Å². The lowest BCUT2D eigenvalue weighted by Gasteiger charge is -1.97. The molecule has 0 aliphatic rings. The third-order valence-electron chi connectivity index (χ3n) is 1.32. The van der Waals surface area contributed by atoms with E-state index in [1.54, 1.807) is 6.07 Å². The van der Waals surface area contributed by atoms with Gasteiger partial charge < -0.3 is 0 Å². The first kappa shape index (κ1) is 9.47. The van der Waals surface area contributed by atoms with Crippen molar-refractivity contribution in [1.29, 1.82) is 0 Å². The Morgan fingerprint density at radius 2 is 1.92 bits per heavy atom. The van der Waals surface area contributed by atoms with Crippen LogP contribution in [-0.2, 0) is 9.05 Å². The van der Waals surface area contributed by atoms with Crippen molar-refractivity contribution in [3.8, 4) is 0 Å². The fourth-order valence-corrected chi connectivity index (χ4v) is 1.87. The van der Waals surface area contributed by atoms with E-state index in [4.69, 9.17) is 15.9 Å². The predicted molar refractivity (Wildman–Crippen MR) is 42.9 cm³/mol. The molecule has 0 aromatic heterocycles. The molecule has 0 spiro atoms. The Labute approximate surface area is 74.2 Å². The average molecular weight is 209 g/mol. The normalized spacial score (nSPS) is 11.5. The van der Waals surface area contributed by atoms with Crippen LogP contribution >= 0.6 is 10.7 Å². The minimum atomic E-state index is -3.76. The van der Waals surface area contributed by atoms with E-state index >= 15 is 0 Å². The Bertz CT molecular complexity index is 376. The molecule has 0 amide bonds. The zero-order chi connectivity index (χ0) is 9.19. The van der Waals surface area contributed by atoms with E-state index in [-0.39, 0.29) is 10.6 Å². The van der Waals surface area contributed by atoms with Gasteiger partial charge in [-0.1, -0.05) is 12.1 Å². The number of para-hydroxylation sites is 1. The number of quaternary nitrogens is 1. The highest BCUT2D eigenvalue weighted by Gasteiger charge is 2.17. The maximum Gasteiger partial charge on any atom is 0.267 e. The van der Waals surface area contributed by atoms with Crippen LogP contribution in [0.1, 0.15) is 0 Å². The Balaban J connectivity index is 3.33. The van der Waals surface area contributed by atoms with Crippen molar-refractivity contribution in [3.05, 3.63) is 24.3 Å². The van der Waals surface area contributed by atoms with Crippen molar-refractivity contribution < 1.29 is 19.1 Å². The molecular weight excluding hydrogens is 202 g/mol. The van der Waals surface area contributed by atoms with Gasteiger partial charge in [0.25, 0.3) is 9.05 Å². The molecule has 0 fully saturated rings. The van der Waals surface area contributed by atoms with Gasteiger partial charge in [-0.3, -0.25) is 0 Å². The van der Waals surface area contributed by atoms with E-state index in [0.29, 0.717) is 5.48 Å². The van der Waals surface area contributed by atoms with Crippen LogP contribution in [0.5, 0.6) is 0 Å². The average Bonchev–Trinajstić information content (AvgIpc) is 2.03. The van der Waals surface area contributed by atoms with Gasteiger partial charge in [-0.05, 0) is 6.07 Å². The molecule has 0 saturated carbocycles. The van der Waals surface area contributed by atoms with Crippen LogP contribution in [0.15, 0.2) is 29.2 Å². The number of hydrogen-bond donors (Lipinski definition) is 2. The summed E-state index contributed by atoms with van der Waals surface area (Å²) in [5.74, 6) is 0. The summed E-state index contributed by atoms with van der Waals surface area (Å²) >= 11 is 0. The van der Waals surface area contributed by atoms with Crippen LogP contribution < -0.4 is 5.48 Å². The van der Waals surface area contributed by atoms with E-state index in [0.717, 1.165) is 0 Å². The van der Waals surface area contributed by atoms with Crippen LogP contribution in [0.4, 0.5) is 5.69 Å². The maximum atomic E-state index is 10.8. The standard InChI is InChI=1S/C6H6ClNO3S/c7-12(10,11)6-4-2-1-3-5(6)8-9/h1-4,8-9H/p+1. The van der Waals surface area contributed by atoms with Gasteiger partial charge in [0, 0.05) is 16.7 Å². The minimum Gasteiger partial charge on any atom is -0.215 e. The molecule has 3 N–H and O–H groups in total. The number of benzene rings is 1. The molecule has 0 saturated heterocycles. The highest BCUT2D eigenvalue weighted by atomic mass is 35.7. The first-order chi connectivity index (χ1) is 5.55. The van der Waals surface area contributed by atoms with E-state index in [2.05, 4.69) is 0 Å². The van der Waals surface area contributed by atoms with Crippen molar-refractivity contribution in [1.82, 2.24) is 0 Å². The molecule has 66 valence electrons. The number of nitrogens with two attached hydrogens (primary N) is 1. The number of halogens is 1. The fraction of sp³-hybridized carbons (Fsp3) is 0. The highest BCUT2D eigenvalue weighted by Crippen LogP contribution is 2.19. The molecule has 12 heavy (non-hydrogen) atoms. The van der Waals surface area contributed by atoms with Crippen LogP contribution in [-0.4, -0.2) is 13.6 Å². The molecule has 1 rings (SSSR count). The van der Waals surface area contributed by atoms with Gasteiger partial charge in [0.2, 0.25) is 0 Å². The van der Waals surface area contributed by atoms with Gasteiger partial charge in [0.15, 0.2) is 5.69 Å². The Kier molecular flexibility index (Phi) is 2.69.